The highest BCUT2D eigenvalue weighted by Gasteiger charge is 2.53. The van der Waals surface area contributed by atoms with E-state index in [4.69, 9.17) is 29.1 Å². The Morgan fingerprint density at radius 3 is 2.19 bits per heavy atom. The number of amides is 2. The van der Waals surface area contributed by atoms with Crippen molar-refractivity contribution in [1.82, 2.24) is 4.90 Å². The van der Waals surface area contributed by atoms with Crippen LogP contribution in [0.1, 0.15) is 126 Å². The molecule has 19 nitrogen and oxygen atoms in total. The van der Waals surface area contributed by atoms with Gasteiger partial charge in [-0.1, -0.05) is 71.1 Å². The Bertz CT molecular complexity index is 1980. The molecule has 3 heterocycles. The largest absolute Gasteiger partial charge is 0.460 e. The smallest absolute Gasteiger partial charge is 0.412 e. The van der Waals surface area contributed by atoms with Crippen LogP contribution in [-0.4, -0.2) is 144 Å². The van der Waals surface area contributed by atoms with Gasteiger partial charge in [-0.25, -0.2) is 9.59 Å². The van der Waals surface area contributed by atoms with E-state index in [0.29, 0.717) is 63.4 Å². The predicted octanol–water partition coefficient (Wildman–Crippen LogP) is 5.16. The summed E-state index contributed by atoms with van der Waals surface area (Å²) in [6, 6.07) is -1.83. The van der Waals surface area contributed by atoms with Crippen LogP contribution in [0.5, 0.6) is 0 Å². The number of nitrogens with zero attached hydrogens (tertiary/aromatic N) is 1. The number of primary amides is 1. The molecule has 2 saturated heterocycles. The average molecular weight is 1020 g/mol. The molecule has 1 saturated carbocycles. The maximum absolute atomic E-state index is 14.4. The number of hydrogen-bond acceptors (Lipinski definition) is 16. The summed E-state index contributed by atoms with van der Waals surface area (Å²) in [5.74, 6) is -7.96. The average Bonchev–Trinajstić information content (AvgIpc) is 3.33. The number of nitrogens with two attached hydrogens (primary N) is 2. The number of Topliss-reactive ketones (excluding diaryl/α,β-unsaturated/α-hetero) is 3. The molecular formula is C53H84N4O15. The number of amidine groups is 1. The quantitative estimate of drug-likeness (QED) is 0.0659. The first kappa shape index (κ1) is 61.7. The summed E-state index contributed by atoms with van der Waals surface area (Å²) >= 11 is 0. The van der Waals surface area contributed by atoms with Crippen LogP contribution >= 0.6 is 0 Å². The van der Waals surface area contributed by atoms with Crippen LogP contribution in [-0.2, 0) is 52.4 Å². The van der Waals surface area contributed by atoms with Gasteiger partial charge in [-0.2, -0.15) is 0 Å². The molecule has 8 N–H and O–H groups in total. The highest BCUT2D eigenvalue weighted by molar-refractivity contribution is 6.39. The molecular weight excluding hydrogens is 933 g/mol. The first-order valence-electron chi connectivity index (χ1n) is 25.4. The number of rotatable bonds is 6. The first-order chi connectivity index (χ1) is 33.9. The number of aliphatic hydroxyl groups is 3. The van der Waals surface area contributed by atoms with Crippen molar-refractivity contribution in [2.24, 2.45) is 47.0 Å². The summed E-state index contributed by atoms with van der Waals surface area (Å²) in [5, 5.41) is 40.1. The molecule has 0 radical (unpaired) electrons. The molecule has 4 aliphatic rings. The third-order valence-corrected chi connectivity index (χ3v) is 14.7. The SMILES string of the molecule is CO[C@H]1C[C@@H]2CC[C@@H](C)[C@@](O)(O2)C(=O)C(=O)N2CCCC[C@H]2C(=O)O[C@H]([C@H](C)C[C@@H]2CC[C@@H](O)[C@H](OC)C2)CC(=O)[C@H](C)/C=C(\C)[C@@H](O)[C@@H](OC)C(=O)[C@H](C)C[C@H](C)/C=C/C=C/C=C/1C.N=C(N)OC(N)=O. The zero-order chi connectivity index (χ0) is 54.0. The van der Waals surface area contributed by atoms with Gasteiger partial charge in [0.1, 0.15) is 30.1 Å². The second kappa shape index (κ2) is 29.3. The Morgan fingerprint density at radius 2 is 1.58 bits per heavy atom. The van der Waals surface area contributed by atoms with Crippen molar-refractivity contribution in [2.75, 3.05) is 27.9 Å². The molecule has 406 valence electrons. The number of piperidine rings is 1. The number of esters is 1. The van der Waals surface area contributed by atoms with Crippen molar-refractivity contribution in [3.63, 3.8) is 0 Å². The van der Waals surface area contributed by atoms with E-state index < -0.39 is 96.0 Å². The Hall–Kier alpha value is -4.63. The standard InChI is InChI=1S/C51H79NO13.C2H5N3O2/c1-30-16-12-11-13-17-31(2)42(61-8)28-38-21-19-36(7)51(60,65-38)48(57)49(58)52-23-15-14-18-39(52)50(59)64-43(33(4)26-37-20-22-40(53)44(27-37)62-9)29-41(54)32(3)25-35(6)46(56)47(63-10)45(55)34(5)24-30;3-1(4)7-2(5)6/h11-13,16-17,25,30,32-34,36-40,42-44,46-47,53,56,60H,14-15,18-24,26-29H2,1-10H3;(H3,3,4)(H2,5,6)/b13-11+,16-12+,31-17+,35-25+;/t30-,32-,33-,34-,36-,37+,38+,39+,40-,42+,43+,44-,46-,47+,51-;/m1./s1. The summed E-state index contributed by atoms with van der Waals surface area (Å²) in [4.78, 5) is 81.4. The number of allylic oxidation sites excluding steroid dienone is 6. The highest BCUT2D eigenvalue weighted by atomic mass is 16.6. The number of aliphatic hydroxyl groups excluding tert-OH is 2. The van der Waals surface area contributed by atoms with Crippen molar-refractivity contribution in [3.05, 3.63) is 47.6 Å². The van der Waals surface area contributed by atoms with Gasteiger partial charge in [-0.15, -0.1) is 0 Å². The lowest BCUT2D eigenvalue weighted by Gasteiger charge is -2.42. The summed E-state index contributed by atoms with van der Waals surface area (Å²) in [7, 11) is 4.52. The second-order valence-corrected chi connectivity index (χ2v) is 20.4. The molecule has 2 bridgehead atoms. The Morgan fingerprint density at radius 1 is 0.889 bits per heavy atom. The fraction of sp³-hybridized carbons (Fsp3) is 0.717. The zero-order valence-electron chi connectivity index (χ0n) is 44.1. The number of carbonyl (C=O) groups excluding carboxylic acids is 6. The second-order valence-electron chi connectivity index (χ2n) is 20.4. The van der Waals surface area contributed by atoms with Crippen molar-refractivity contribution >= 4 is 41.3 Å². The van der Waals surface area contributed by atoms with Gasteiger partial charge < -0.3 is 60.1 Å². The monoisotopic (exact) mass is 1020 g/mol. The molecule has 4 rings (SSSR count). The van der Waals surface area contributed by atoms with Crippen molar-refractivity contribution in [2.45, 2.75) is 180 Å². The molecule has 3 aliphatic heterocycles. The molecule has 3 fully saturated rings. The summed E-state index contributed by atoms with van der Waals surface area (Å²) in [5.41, 5.74) is 10.2. The third kappa shape index (κ3) is 17.8. The van der Waals surface area contributed by atoms with E-state index in [0.717, 1.165) is 12.0 Å². The topological polar surface area (TPSA) is 298 Å². The summed E-state index contributed by atoms with van der Waals surface area (Å²) in [6.07, 6.45) is 10.1. The van der Waals surface area contributed by atoms with Crippen LogP contribution in [0.25, 0.3) is 0 Å². The summed E-state index contributed by atoms with van der Waals surface area (Å²) in [6.45, 7) is 12.7. The van der Waals surface area contributed by atoms with Crippen LogP contribution in [0.2, 0.25) is 0 Å². The third-order valence-electron chi connectivity index (χ3n) is 14.7. The van der Waals surface area contributed by atoms with Gasteiger partial charge in [0.05, 0.1) is 24.4 Å². The molecule has 0 unspecified atom stereocenters. The van der Waals surface area contributed by atoms with E-state index >= 15 is 0 Å². The molecule has 19 heteroatoms. The Kier molecular flexibility index (Phi) is 25.1. The number of cyclic esters (lactones) is 1. The molecule has 1 aliphatic carbocycles. The molecule has 0 aromatic carbocycles. The molecule has 0 aromatic rings. The van der Waals surface area contributed by atoms with E-state index in [1.807, 2.05) is 58.1 Å². The number of nitrogens with one attached hydrogen (secondary N) is 1. The molecule has 0 spiro atoms. The fourth-order valence-electron chi connectivity index (χ4n) is 10.2. The van der Waals surface area contributed by atoms with Gasteiger partial charge in [0.25, 0.3) is 17.7 Å². The lowest BCUT2D eigenvalue weighted by atomic mass is 9.78. The normalized spacial score (nSPS) is 37.2. The van der Waals surface area contributed by atoms with Crippen molar-refractivity contribution in [3.8, 4) is 0 Å². The number of carbonyl (C=O) groups is 6. The van der Waals surface area contributed by atoms with Gasteiger partial charge in [-0.05, 0) is 107 Å². The minimum atomic E-state index is -2.43. The van der Waals surface area contributed by atoms with Gasteiger partial charge in [0.2, 0.25) is 5.79 Å². The number of methoxy groups -OCH3 is 3. The number of hydrogen-bond donors (Lipinski definition) is 6. The maximum atomic E-state index is 14.4. The van der Waals surface area contributed by atoms with Crippen LogP contribution in [0.4, 0.5) is 4.79 Å². The van der Waals surface area contributed by atoms with Crippen LogP contribution < -0.4 is 11.5 Å². The molecule has 2 amide bonds. The molecule has 72 heavy (non-hydrogen) atoms. The Balaban J connectivity index is 0.00000181. The predicted molar refractivity (Wildman–Crippen MR) is 268 cm³/mol. The maximum Gasteiger partial charge on any atom is 0.412 e. The van der Waals surface area contributed by atoms with Crippen LogP contribution in [0.3, 0.4) is 0 Å². The van der Waals surface area contributed by atoms with Gasteiger partial charge >= 0.3 is 12.1 Å². The fourth-order valence-corrected chi connectivity index (χ4v) is 10.2. The van der Waals surface area contributed by atoms with Gasteiger partial charge in [0, 0.05) is 58.5 Å². The molecule has 0 aromatic heterocycles. The minimum absolute atomic E-state index is 0.0193. The van der Waals surface area contributed by atoms with E-state index in [9.17, 15) is 44.1 Å². The van der Waals surface area contributed by atoms with Crippen LogP contribution in [0, 0.1) is 40.9 Å². The minimum Gasteiger partial charge on any atom is -0.460 e. The van der Waals surface area contributed by atoms with E-state index in [-0.39, 0.29) is 54.8 Å². The van der Waals surface area contributed by atoms with E-state index in [1.54, 1.807) is 41.1 Å². The lowest BCUT2D eigenvalue weighted by molar-refractivity contribution is -0.265. The van der Waals surface area contributed by atoms with Crippen molar-refractivity contribution < 1.29 is 72.5 Å². The lowest BCUT2D eigenvalue weighted by Crippen LogP contribution is -2.61. The van der Waals surface area contributed by atoms with Gasteiger partial charge in [-0.3, -0.25) is 24.6 Å². The van der Waals surface area contributed by atoms with Gasteiger partial charge in [0.15, 0.2) is 5.78 Å². The summed E-state index contributed by atoms with van der Waals surface area (Å²) < 4.78 is 33.1. The number of ketones is 3. The molecule has 15 atom stereocenters. The van der Waals surface area contributed by atoms with Crippen molar-refractivity contribution in [1.29, 1.82) is 5.41 Å². The van der Waals surface area contributed by atoms with E-state index in [2.05, 4.69) is 16.2 Å². The highest BCUT2D eigenvalue weighted by Crippen LogP contribution is 2.38. The Labute approximate surface area is 425 Å². The van der Waals surface area contributed by atoms with Crippen LogP contribution in [0.15, 0.2) is 47.6 Å². The first-order valence-corrected chi connectivity index (χ1v) is 25.4. The number of ether oxygens (including phenoxy) is 6. The van der Waals surface area contributed by atoms with E-state index in [1.165, 1.54) is 12.0 Å². The zero-order valence-corrected chi connectivity index (χ0v) is 44.1. The number of fused-ring (bicyclic) bond motifs is 3.